The molecule has 1 heterocycles. The number of rotatable bonds is 7. The first-order valence-corrected chi connectivity index (χ1v) is 9.58. The van der Waals surface area contributed by atoms with Crippen LogP contribution in [-0.2, 0) is 17.9 Å². The molecule has 0 spiro atoms. The lowest BCUT2D eigenvalue weighted by Gasteiger charge is -2.24. The first-order chi connectivity index (χ1) is 13.7. The van der Waals surface area contributed by atoms with Crippen LogP contribution in [0.15, 0.2) is 54.7 Å². The molecule has 3 aromatic rings. The molecule has 4 rings (SSSR count). The molecule has 0 atom stereocenters. The number of halogens is 2. The maximum Gasteiger partial charge on any atom is 0.227 e. The number of hydrogen-bond donors (Lipinski definition) is 3. The molecular weight excluding hydrogens is 391 g/mol. The van der Waals surface area contributed by atoms with Gasteiger partial charge in [-0.1, -0.05) is 18.6 Å². The second-order valence-electron chi connectivity index (χ2n) is 7.20. The Balaban J connectivity index is 0.00000240. The van der Waals surface area contributed by atoms with E-state index in [2.05, 4.69) is 20.8 Å². The van der Waals surface area contributed by atoms with E-state index in [0.717, 1.165) is 47.3 Å². The Kier molecular flexibility index (Phi) is 7.01. The zero-order valence-electron chi connectivity index (χ0n) is 16.0. The highest BCUT2D eigenvalue weighted by Gasteiger charge is 2.25. The molecule has 7 heteroatoms. The van der Waals surface area contributed by atoms with E-state index in [1.807, 2.05) is 24.3 Å². The lowest BCUT2D eigenvalue weighted by atomic mass is 9.85. The second kappa shape index (κ2) is 9.67. The molecule has 1 amide bonds. The smallest absolute Gasteiger partial charge is 0.227 e. The van der Waals surface area contributed by atoms with Gasteiger partial charge in [0.05, 0.1) is 11.9 Å². The monoisotopic (exact) mass is 414 g/mol. The van der Waals surface area contributed by atoms with Gasteiger partial charge in [-0.25, -0.2) is 4.39 Å². The van der Waals surface area contributed by atoms with Gasteiger partial charge in [0.25, 0.3) is 0 Å². The standard InChI is InChI=1S/C22H23FN4O.ClH/c23-19-9-7-16(8-10-19)21-18(14-25-27-21)13-24-12-15-3-1-6-20(11-15)26-22(28)17-4-2-5-17;/h1,3,6-11,14,17,24H,2,4-5,12-13H2,(H,25,27)(H,26,28);1H. The Morgan fingerprint density at radius 1 is 1.14 bits per heavy atom. The van der Waals surface area contributed by atoms with Crippen molar-refractivity contribution in [3.63, 3.8) is 0 Å². The fraction of sp³-hybridized carbons (Fsp3) is 0.273. The Morgan fingerprint density at radius 3 is 2.66 bits per heavy atom. The number of benzene rings is 2. The lowest BCUT2D eigenvalue weighted by molar-refractivity contribution is -0.122. The molecule has 0 saturated heterocycles. The number of nitrogens with one attached hydrogen (secondary N) is 3. The zero-order valence-corrected chi connectivity index (χ0v) is 16.8. The highest BCUT2D eigenvalue weighted by Crippen LogP contribution is 2.27. The third kappa shape index (κ3) is 5.22. The van der Waals surface area contributed by atoms with Crippen molar-refractivity contribution in [3.8, 4) is 11.3 Å². The van der Waals surface area contributed by atoms with Crippen LogP contribution in [-0.4, -0.2) is 16.1 Å². The van der Waals surface area contributed by atoms with Crippen molar-refractivity contribution in [3.05, 3.63) is 71.7 Å². The van der Waals surface area contributed by atoms with Crippen molar-refractivity contribution >= 4 is 24.0 Å². The maximum atomic E-state index is 13.1. The number of amides is 1. The summed E-state index contributed by atoms with van der Waals surface area (Å²) in [6, 6.07) is 14.3. The van der Waals surface area contributed by atoms with Gasteiger partial charge < -0.3 is 10.6 Å². The highest BCUT2D eigenvalue weighted by molar-refractivity contribution is 5.93. The summed E-state index contributed by atoms with van der Waals surface area (Å²) >= 11 is 0. The molecule has 29 heavy (non-hydrogen) atoms. The minimum atomic E-state index is -0.257. The Labute approximate surface area is 175 Å². The molecule has 2 aromatic carbocycles. The molecular formula is C22H24ClFN4O. The maximum absolute atomic E-state index is 13.1. The van der Waals surface area contributed by atoms with Gasteiger partial charge in [0.2, 0.25) is 5.91 Å². The zero-order chi connectivity index (χ0) is 19.3. The molecule has 5 nitrogen and oxygen atoms in total. The van der Waals surface area contributed by atoms with Gasteiger partial charge in [-0.05, 0) is 54.8 Å². The number of aromatic nitrogens is 2. The molecule has 1 saturated carbocycles. The number of carbonyl (C=O) groups excluding carboxylic acids is 1. The molecule has 0 aliphatic heterocycles. The topological polar surface area (TPSA) is 69.8 Å². The predicted octanol–water partition coefficient (Wildman–Crippen LogP) is 4.67. The Hall–Kier alpha value is -2.70. The van der Waals surface area contributed by atoms with Crippen molar-refractivity contribution in [1.29, 1.82) is 0 Å². The quantitative estimate of drug-likeness (QED) is 0.526. The van der Waals surface area contributed by atoms with E-state index in [1.165, 1.54) is 12.1 Å². The van der Waals surface area contributed by atoms with Crippen LogP contribution < -0.4 is 10.6 Å². The Bertz CT molecular complexity index is 953. The molecule has 1 aliphatic carbocycles. The fourth-order valence-corrected chi connectivity index (χ4v) is 3.33. The number of anilines is 1. The van der Waals surface area contributed by atoms with Crippen LogP contribution in [0.4, 0.5) is 10.1 Å². The van der Waals surface area contributed by atoms with E-state index in [9.17, 15) is 9.18 Å². The van der Waals surface area contributed by atoms with E-state index in [0.29, 0.717) is 13.1 Å². The molecule has 152 valence electrons. The van der Waals surface area contributed by atoms with Crippen LogP contribution in [0.3, 0.4) is 0 Å². The van der Waals surface area contributed by atoms with Gasteiger partial charge >= 0.3 is 0 Å². The normalized spacial score (nSPS) is 13.4. The largest absolute Gasteiger partial charge is 0.326 e. The SMILES string of the molecule is Cl.O=C(Nc1cccc(CNCc2cn[nH]c2-c2ccc(F)cc2)c1)C1CCC1. The molecule has 1 aromatic heterocycles. The van der Waals surface area contributed by atoms with Crippen LogP contribution in [0, 0.1) is 11.7 Å². The molecule has 1 aliphatic rings. The summed E-state index contributed by atoms with van der Waals surface area (Å²) in [6.45, 7) is 1.29. The average Bonchev–Trinajstić information content (AvgIpc) is 3.10. The van der Waals surface area contributed by atoms with Crippen molar-refractivity contribution in [1.82, 2.24) is 15.5 Å². The molecule has 3 N–H and O–H groups in total. The molecule has 0 unspecified atom stereocenters. The summed E-state index contributed by atoms with van der Waals surface area (Å²) in [5.41, 5.74) is 4.73. The van der Waals surface area contributed by atoms with Crippen LogP contribution in [0.25, 0.3) is 11.3 Å². The molecule has 1 fully saturated rings. The first-order valence-electron chi connectivity index (χ1n) is 9.58. The van der Waals surface area contributed by atoms with Gasteiger partial charge in [-0.15, -0.1) is 12.4 Å². The minimum Gasteiger partial charge on any atom is -0.326 e. The van der Waals surface area contributed by atoms with Crippen LogP contribution in [0.2, 0.25) is 0 Å². The second-order valence-corrected chi connectivity index (χ2v) is 7.20. The summed E-state index contributed by atoms with van der Waals surface area (Å²) in [5.74, 6) is 0.0404. The number of aromatic amines is 1. The third-order valence-electron chi connectivity index (χ3n) is 5.17. The average molecular weight is 415 g/mol. The van der Waals surface area contributed by atoms with Gasteiger partial charge in [-0.2, -0.15) is 5.10 Å². The van der Waals surface area contributed by atoms with Crippen molar-refractivity contribution < 1.29 is 9.18 Å². The van der Waals surface area contributed by atoms with E-state index in [1.54, 1.807) is 18.3 Å². The summed E-state index contributed by atoms with van der Waals surface area (Å²) in [5, 5.41) is 13.5. The van der Waals surface area contributed by atoms with Crippen molar-refractivity contribution in [2.75, 3.05) is 5.32 Å². The van der Waals surface area contributed by atoms with E-state index >= 15 is 0 Å². The third-order valence-corrected chi connectivity index (χ3v) is 5.17. The van der Waals surface area contributed by atoms with Gasteiger partial charge in [0.1, 0.15) is 5.82 Å². The molecule has 0 bridgehead atoms. The van der Waals surface area contributed by atoms with Crippen LogP contribution in [0.5, 0.6) is 0 Å². The predicted molar refractivity (Wildman–Crippen MR) is 114 cm³/mol. The van der Waals surface area contributed by atoms with E-state index in [-0.39, 0.29) is 30.0 Å². The lowest BCUT2D eigenvalue weighted by Crippen LogP contribution is -2.28. The van der Waals surface area contributed by atoms with E-state index in [4.69, 9.17) is 0 Å². The number of H-pyrrole nitrogens is 1. The Morgan fingerprint density at radius 2 is 1.93 bits per heavy atom. The van der Waals surface area contributed by atoms with Crippen molar-refractivity contribution in [2.45, 2.75) is 32.4 Å². The number of nitrogens with zero attached hydrogens (tertiary/aromatic N) is 1. The van der Waals surface area contributed by atoms with Crippen molar-refractivity contribution in [2.24, 2.45) is 5.92 Å². The van der Waals surface area contributed by atoms with Gasteiger partial charge in [0, 0.05) is 35.8 Å². The number of hydrogen-bond acceptors (Lipinski definition) is 3. The summed E-state index contributed by atoms with van der Waals surface area (Å²) in [6.07, 6.45) is 4.92. The van der Waals surface area contributed by atoms with Crippen LogP contribution >= 0.6 is 12.4 Å². The highest BCUT2D eigenvalue weighted by atomic mass is 35.5. The van der Waals surface area contributed by atoms with Crippen LogP contribution in [0.1, 0.15) is 30.4 Å². The van der Waals surface area contributed by atoms with Gasteiger partial charge in [0.15, 0.2) is 0 Å². The van der Waals surface area contributed by atoms with Gasteiger partial charge in [-0.3, -0.25) is 9.89 Å². The summed E-state index contributed by atoms with van der Waals surface area (Å²) in [4.78, 5) is 12.1. The summed E-state index contributed by atoms with van der Waals surface area (Å²) in [7, 11) is 0. The first kappa shape index (κ1) is 21.0. The minimum absolute atomic E-state index is 0. The fourth-order valence-electron chi connectivity index (χ4n) is 3.33. The molecule has 0 radical (unpaired) electrons. The number of carbonyl (C=O) groups is 1. The summed E-state index contributed by atoms with van der Waals surface area (Å²) < 4.78 is 13.1. The van der Waals surface area contributed by atoms with E-state index < -0.39 is 0 Å².